The molecule has 2 saturated heterocycles. The van der Waals surface area contributed by atoms with Crippen LogP contribution < -0.4 is 14.5 Å². The van der Waals surface area contributed by atoms with Crippen molar-refractivity contribution in [3.63, 3.8) is 0 Å². The number of hydrogen-bond donors (Lipinski definition) is 0. The number of hydrogen-bond acceptors (Lipinski definition) is 8. The lowest BCUT2D eigenvalue weighted by atomic mass is 10.2. The van der Waals surface area contributed by atoms with Gasteiger partial charge in [0.15, 0.2) is 5.82 Å². The lowest BCUT2D eigenvalue weighted by Gasteiger charge is -2.28. The number of ether oxygens (including phenoxy) is 2. The van der Waals surface area contributed by atoms with Crippen LogP contribution in [0.1, 0.15) is 18.5 Å². The molecule has 3 aromatic rings. The molecule has 8 heteroatoms. The third-order valence-corrected chi connectivity index (χ3v) is 5.53. The minimum atomic E-state index is 0.355. The molecule has 0 aliphatic carbocycles. The minimum Gasteiger partial charge on any atom is -0.471 e. The van der Waals surface area contributed by atoms with Crippen LogP contribution in [0.4, 0.5) is 11.6 Å². The molecule has 5 rings (SSSR count). The number of nitrogens with zero attached hydrogens (tertiary/aromatic N) is 6. The molecule has 0 amide bonds. The maximum atomic E-state index is 6.09. The van der Waals surface area contributed by atoms with Gasteiger partial charge in [-0.25, -0.2) is 9.97 Å². The van der Waals surface area contributed by atoms with E-state index in [1.165, 1.54) is 12.8 Å². The second-order valence-electron chi connectivity index (χ2n) is 7.70. The van der Waals surface area contributed by atoms with E-state index >= 15 is 0 Å². The van der Waals surface area contributed by atoms with Crippen LogP contribution in [0.15, 0.2) is 48.8 Å². The largest absolute Gasteiger partial charge is 0.471 e. The van der Waals surface area contributed by atoms with Crippen LogP contribution in [-0.2, 0) is 11.3 Å². The van der Waals surface area contributed by atoms with E-state index in [2.05, 4.69) is 25.8 Å². The van der Waals surface area contributed by atoms with Gasteiger partial charge >= 0.3 is 0 Å². The average molecular weight is 419 g/mol. The van der Waals surface area contributed by atoms with Gasteiger partial charge < -0.3 is 19.3 Å². The normalized spacial score (nSPS) is 16.5. The van der Waals surface area contributed by atoms with Gasteiger partial charge in [0, 0.05) is 50.2 Å². The van der Waals surface area contributed by atoms with Crippen molar-refractivity contribution in [2.45, 2.75) is 19.4 Å². The van der Waals surface area contributed by atoms with E-state index in [9.17, 15) is 0 Å². The number of morpholine rings is 1. The van der Waals surface area contributed by atoms with Crippen LogP contribution in [0.5, 0.6) is 5.88 Å². The van der Waals surface area contributed by atoms with Gasteiger partial charge in [-0.3, -0.25) is 4.98 Å². The second-order valence-corrected chi connectivity index (χ2v) is 7.70. The molecule has 0 unspecified atom stereocenters. The summed E-state index contributed by atoms with van der Waals surface area (Å²) < 4.78 is 11.6. The van der Waals surface area contributed by atoms with Gasteiger partial charge in [0.2, 0.25) is 5.88 Å². The molecule has 2 fully saturated rings. The summed E-state index contributed by atoms with van der Waals surface area (Å²) in [6, 6.07) is 11.8. The molecule has 0 N–H and O–H groups in total. The summed E-state index contributed by atoms with van der Waals surface area (Å²) in [6.07, 6.45) is 5.96. The van der Waals surface area contributed by atoms with Crippen molar-refractivity contribution < 1.29 is 9.47 Å². The van der Waals surface area contributed by atoms with Crippen molar-refractivity contribution in [1.82, 2.24) is 19.9 Å². The van der Waals surface area contributed by atoms with Crippen LogP contribution >= 0.6 is 0 Å². The Balaban J connectivity index is 1.38. The number of pyridine rings is 2. The van der Waals surface area contributed by atoms with E-state index in [-0.39, 0.29) is 0 Å². The minimum absolute atomic E-state index is 0.355. The zero-order valence-electron chi connectivity index (χ0n) is 17.5. The van der Waals surface area contributed by atoms with Crippen LogP contribution in [-0.4, -0.2) is 59.3 Å². The maximum Gasteiger partial charge on any atom is 0.219 e. The molecule has 0 bridgehead atoms. The van der Waals surface area contributed by atoms with Gasteiger partial charge in [0.05, 0.1) is 18.9 Å². The summed E-state index contributed by atoms with van der Waals surface area (Å²) in [4.78, 5) is 22.9. The molecule has 2 aliphatic heterocycles. The van der Waals surface area contributed by atoms with E-state index in [1.54, 1.807) is 12.4 Å². The van der Waals surface area contributed by atoms with Gasteiger partial charge in [0.1, 0.15) is 18.2 Å². The lowest BCUT2D eigenvalue weighted by molar-refractivity contribution is 0.122. The summed E-state index contributed by atoms with van der Waals surface area (Å²) in [5.74, 6) is 2.99. The van der Waals surface area contributed by atoms with E-state index in [4.69, 9.17) is 19.4 Å². The van der Waals surface area contributed by atoms with Crippen LogP contribution in [0.2, 0.25) is 0 Å². The Bertz CT molecular complexity index is 1000. The van der Waals surface area contributed by atoms with Gasteiger partial charge in [-0.2, -0.15) is 4.98 Å². The number of anilines is 2. The highest BCUT2D eigenvalue weighted by Gasteiger charge is 2.17. The first-order valence-corrected chi connectivity index (χ1v) is 10.8. The molecular weight excluding hydrogens is 392 g/mol. The molecule has 31 heavy (non-hydrogen) atoms. The van der Waals surface area contributed by atoms with Gasteiger partial charge in [-0.15, -0.1) is 0 Å². The van der Waals surface area contributed by atoms with E-state index in [1.807, 2.05) is 30.3 Å². The molecule has 0 radical (unpaired) electrons. The smallest absolute Gasteiger partial charge is 0.219 e. The summed E-state index contributed by atoms with van der Waals surface area (Å²) in [6.45, 7) is 5.46. The van der Waals surface area contributed by atoms with Crippen molar-refractivity contribution in [3.05, 3.63) is 54.5 Å². The van der Waals surface area contributed by atoms with E-state index in [0.717, 1.165) is 49.1 Å². The third-order valence-electron chi connectivity index (χ3n) is 5.53. The fourth-order valence-corrected chi connectivity index (χ4v) is 3.88. The quantitative estimate of drug-likeness (QED) is 0.605. The first-order chi connectivity index (χ1) is 15.3. The van der Waals surface area contributed by atoms with Crippen molar-refractivity contribution in [2.75, 3.05) is 49.2 Å². The molecule has 0 atom stereocenters. The highest BCUT2D eigenvalue weighted by atomic mass is 16.5. The average Bonchev–Trinajstić information content (AvgIpc) is 3.39. The standard InChI is InChI=1S/C23H26N6O2/c1-2-10-28(9-1)20-7-3-6-19(25-20)17-31-22-15-21(29-11-13-30-14-12-29)26-23(27-22)18-5-4-8-24-16-18/h3-8,15-16H,1-2,9-14,17H2. The second kappa shape index (κ2) is 9.26. The van der Waals surface area contributed by atoms with Crippen LogP contribution in [0.25, 0.3) is 11.4 Å². The maximum absolute atomic E-state index is 6.09. The predicted molar refractivity (Wildman–Crippen MR) is 118 cm³/mol. The lowest BCUT2D eigenvalue weighted by Crippen LogP contribution is -2.36. The van der Waals surface area contributed by atoms with Crippen LogP contribution in [0.3, 0.4) is 0 Å². The molecule has 2 aliphatic rings. The van der Waals surface area contributed by atoms with E-state index < -0.39 is 0 Å². The zero-order chi connectivity index (χ0) is 20.9. The molecule has 0 spiro atoms. The predicted octanol–water partition coefficient (Wildman–Crippen LogP) is 2.95. The monoisotopic (exact) mass is 418 g/mol. The molecule has 160 valence electrons. The molecule has 5 heterocycles. The van der Waals surface area contributed by atoms with Gasteiger partial charge in [-0.05, 0) is 37.1 Å². The van der Waals surface area contributed by atoms with Crippen molar-refractivity contribution in [1.29, 1.82) is 0 Å². The Morgan fingerprint density at radius 2 is 1.71 bits per heavy atom. The third kappa shape index (κ3) is 4.74. The molecule has 8 nitrogen and oxygen atoms in total. The van der Waals surface area contributed by atoms with E-state index in [0.29, 0.717) is 31.5 Å². The van der Waals surface area contributed by atoms with Crippen molar-refractivity contribution in [3.8, 4) is 17.3 Å². The first kappa shape index (κ1) is 19.7. The Labute approximate surface area is 181 Å². The Hall–Kier alpha value is -3.26. The molecule has 0 saturated carbocycles. The highest BCUT2D eigenvalue weighted by Crippen LogP contribution is 2.25. The summed E-state index contributed by atoms with van der Waals surface area (Å²) in [5, 5.41) is 0. The summed E-state index contributed by atoms with van der Waals surface area (Å²) >= 11 is 0. The Morgan fingerprint density at radius 3 is 2.52 bits per heavy atom. The fraction of sp³-hybridized carbons (Fsp3) is 0.391. The van der Waals surface area contributed by atoms with Gasteiger partial charge in [-0.1, -0.05) is 6.07 Å². The Kier molecular flexibility index (Phi) is 5.88. The van der Waals surface area contributed by atoms with Crippen molar-refractivity contribution >= 4 is 11.6 Å². The van der Waals surface area contributed by atoms with Gasteiger partial charge in [0.25, 0.3) is 0 Å². The summed E-state index contributed by atoms with van der Waals surface area (Å²) in [7, 11) is 0. The fourth-order valence-electron chi connectivity index (χ4n) is 3.88. The zero-order valence-corrected chi connectivity index (χ0v) is 17.5. The molecule has 0 aromatic carbocycles. The SMILES string of the molecule is c1cncc(-c2nc(OCc3cccc(N4CCCC4)n3)cc(N3CCOCC3)n2)c1. The molecular formula is C23H26N6O2. The number of aromatic nitrogens is 4. The highest BCUT2D eigenvalue weighted by molar-refractivity contribution is 5.57. The Morgan fingerprint density at radius 1 is 0.871 bits per heavy atom. The topological polar surface area (TPSA) is 76.5 Å². The van der Waals surface area contributed by atoms with Crippen molar-refractivity contribution in [2.24, 2.45) is 0 Å². The summed E-state index contributed by atoms with van der Waals surface area (Å²) in [5.41, 5.74) is 1.75. The number of rotatable bonds is 6. The first-order valence-electron chi connectivity index (χ1n) is 10.8. The van der Waals surface area contributed by atoms with Crippen LogP contribution in [0, 0.1) is 0 Å². The molecule has 3 aromatic heterocycles.